The van der Waals surface area contributed by atoms with Gasteiger partial charge in [-0.1, -0.05) is 13.0 Å². The Morgan fingerprint density at radius 1 is 1.39 bits per heavy atom. The van der Waals surface area contributed by atoms with Crippen LogP contribution in [-0.4, -0.2) is 37.8 Å². The fourth-order valence-corrected chi connectivity index (χ4v) is 4.06. The Hall–Kier alpha value is -0.720. The summed E-state index contributed by atoms with van der Waals surface area (Å²) in [5.74, 6) is 0.697. The highest BCUT2D eigenvalue weighted by Crippen LogP contribution is 2.20. The third-order valence-corrected chi connectivity index (χ3v) is 5.59. The van der Waals surface area contributed by atoms with Gasteiger partial charge in [-0.3, -0.25) is 0 Å². The van der Waals surface area contributed by atoms with Crippen molar-refractivity contribution in [2.75, 3.05) is 30.8 Å². The number of hydrogen-bond donors (Lipinski definition) is 1. The van der Waals surface area contributed by atoms with Crippen LogP contribution in [0.3, 0.4) is 0 Å². The molecule has 2 N–H and O–H groups in total. The van der Waals surface area contributed by atoms with Gasteiger partial charge in [0.25, 0.3) is 0 Å². The van der Waals surface area contributed by atoms with Crippen LogP contribution < -0.4 is 5.73 Å². The van der Waals surface area contributed by atoms with Crippen molar-refractivity contribution in [3.05, 3.63) is 24.3 Å². The Morgan fingerprint density at radius 2 is 2.11 bits per heavy atom. The molecule has 18 heavy (non-hydrogen) atoms. The Bertz CT molecular complexity index is 475. The van der Waals surface area contributed by atoms with Gasteiger partial charge in [0.2, 0.25) is 10.0 Å². The van der Waals surface area contributed by atoms with Crippen molar-refractivity contribution in [3.63, 3.8) is 0 Å². The Balaban J connectivity index is 2.46. The molecule has 0 amide bonds. The topological polar surface area (TPSA) is 63.4 Å². The fourth-order valence-electron chi connectivity index (χ4n) is 1.48. The number of nitrogens with zero attached hydrogens (tertiary/aromatic N) is 1. The zero-order valence-corrected chi connectivity index (χ0v) is 12.4. The van der Waals surface area contributed by atoms with Gasteiger partial charge in [-0.25, -0.2) is 12.7 Å². The van der Waals surface area contributed by atoms with Crippen molar-refractivity contribution in [1.82, 2.24) is 4.31 Å². The molecule has 0 aliphatic heterocycles. The maximum absolute atomic E-state index is 11.9. The quantitative estimate of drug-likeness (QED) is 0.616. The maximum Gasteiger partial charge on any atom is 0.214 e. The zero-order chi connectivity index (χ0) is 13.6. The number of rotatable bonds is 7. The first-order valence-electron chi connectivity index (χ1n) is 5.88. The molecule has 0 aliphatic carbocycles. The average Bonchev–Trinajstić information content (AvgIpc) is 2.29. The molecular formula is C12H20N2O2S2. The highest BCUT2D eigenvalue weighted by Gasteiger charge is 2.16. The maximum atomic E-state index is 11.9. The minimum Gasteiger partial charge on any atom is -0.399 e. The third kappa shape index (κ3) is 4.88. The van der Waals surface area contributed by atoms with Gasteiger partial charge < -0.3 is 5.73 Å². The van der Waals surface area contributed by atoms with E-state index in [4.69, 9.17) is 5.73 Å². The zero-order valence-electron chi connectivity index (χ0n) is 10.8. The monoisotopic (exact) mass is 288 g/mol. The smallest absolute Gasteiger partial charge is 0.214 e. The molecule has 0 fully saturated rings. The van der Waals surface area contributed by atoms with Crippen molar-refractivity contribution in [3.8, 4) is 0 Å². The highest BCUT2D eigenvalue weighted by molar-refractivity contribution is 8.00. The number of benzene rings is 1. The van der Waals surface area contributed by atoms with E-state index in [0.717, 1.165) is 11.3 Å². The minimum atomic E-state index is -3.12. The second-order valence-corrected chi connectivity index (χ2v) is 7.42. The molecule has 0 aromatic heterocycles. The molecule has 0 bridgehead atoms. The van der Waals surface area contributed by atoms with Gasteiger partial charge in [0.05, 0.1) is 5.75 Å². The van der Waals surface area contributed by atoms with Gasteiger partial charge in [0, 0.05) is 29.9 Å². The van der Waals surface area contributed by atoms with Crippen molar-refractivity contribution >= 4 is 27.5 Å². The summed E-state index contributed by atoms with van der Waals surface area (Å²) in [6.07, 6.45) is 0.831. The number of thioether (sulfide) groups is 1. The molecule has 0 saturated carbocycles. The molecule has 0 aliphatic rings. The lowest BCUT2D eigenvalue weighted by Crippen LogP contribution is -2.30. The predicted molar refractivity (Wildman–Crippen MR) is 78.3 cm³/mol. The van der Waals surface area contributed by atoms with Gasteiger partial charge in [0.15, 0.2) is 0 Å². The van der Waals surface area contributed by atoms with Crippen LogP contribution in [0.5, 0.6) is 0 Å². The number of nitrogen functional groups attached to an aromatic ring is 1. The number of nitrogens with two attached hydrogens (primary N) is 1. The predicted octanol–water partition coefficient (Wildman–Crippen LogP) is 2.03. The molecule has 0 atom stereocenters. The molecule has 1 aromatic rings. The first-order chi connectivity index (χ1) is 8.45. The van der Waals surface area contributed by atoms with Crippen molar-refractivity contribution < 1.29 is 8.42 Å². The van der Waals surface area contributed by atoms with Crippen LogP contribution in [0.2, 0.25) is 0 Å². The van der Waals surface area contributed by atoms with E-state index in [1.807, 2.05) is 31.2 Å². The first-order valence-corrected chi connectivity index (χ1v) is 8.47. The summed E-state index contributed by atoms with van der Waals surface area (Å²) in [4.78, 5) is 1.00. The van der Waals surface area contributed by atoms with E-state index in [2.05, 4.69) is 0 Å². The van der Waals surface area contributed by atoms with E-state index in [0.29, 0.717) is 18.0 Å². The van der Waals surface area contributed by atoms with Crippen LogP contribution in [0.4, 0.5) is 5.69 Å². The van der Waals surface area contributed by atoms with E-state index in [-0.39, 0.29) is 5.75 Å². The molecule has 0 saturated heterocycles. The lowest BCUT2D eigenvalue weighted by Gasteiger charge is -2.15. The summed E-state index contributed by atoms with van der Waals surface area (Å²) in [6, 6.07) is 7.47. The van der Waals surface area contributed by atoms with Gasteiger partial charge in [-0.05, 0) is 24.6 Å². The molecule has 6 heteroatoms. The highest BCUT2D eigenvalue weighted by atomic mass is 32.2. The standard InChI is InChI=1S/C12H20N2O2S2/c1-3-7-14(2)18(15,16)9-8-17-12-6-4-5-11(13)10-12/h4-6,10H,3,7-9,13H2,1-2H3. The van der Waals surface area contributed by atoms with E-state index in [9.17, 15) is 8.42 Å². The summed E-state index contributed by atoms with van der Waals surface area (Å²) in [7, 11) is -1.49. The van der Waals surface area contributed by atoms with Crippen molar-refractivity contribution in [2.45, 2.75) is 18.2 Å². The fraction of sp³-hybridized carbons (Fsp3) is 0.500. The SMILES string of the molecule is CCCN(C)S(=O)(=O)CCSc1cccc(N)c1. The van der Waals surface area contributed by atoms with Crippen LogP contribution in [0.15, 0.2) is 29.2 Å². The Morgan fingerprint density at radius 3 is 2.72 bits per heavy atom. The average molecular weight is 288 g/mol. The van der Waals surface area contributed by atoms with Gasteiger partial charge in [-0.15, -0.1) is 11.8 Å². The lowest BCUT2D eigenvalue weighted by atomic mass is 10.3. The second kappa shape index (κ2) is 7.01. The number of sulfonamides is 1. The molecule has 1 rings (SSSR count). The lowest BCUT2D eigenvalue weighted by molar-refractivity contribution is 0.470. The third-order valence-electron chi connectivity index (χ3n) is 2.48. The summed E-state index contributed by atoms with van der Waals surface area (Å²) in [6.45, 7) is 2.54. The van der Waals surface area contributed by atoms with Gasteiger partial charge in [-0.2, -0.15) is 0 Å². The van der Waals surface area contributed by atoms with E-state index < -0.39 is 10.0 Å². The van der Waals surface area contributed by atoms with Gasteiger partial charge >= 0.3 is 0 Å². The molecular weight excluding hydrogens is 268 g/mol. The van der Waals surface area contributed by atoms with Crippen LogP contribution in [0.25, 0.3) is 0 Å². The number of hydrogen-bond acceptors (Lipinski definition) is 4. The van der Waals surface area contributed by atoms with Crippen LogP contribution in [0, 0.1) is 0 Å². The Kier molecular flexibility index (Phi) is 5.98. The van der Waals surface area contributed by atoms with E-state index in [1.165, 1.54) is 16.1 Å². The minimum absolute atomic E-state index is 0.156. The largest absolute Gasteiger partial charge is 0.399 e. The molecule has 0 spiro atoms. The molecule has 0 radical (unpaired) electrons. The summed E-state index contributed by atoms with van der Waals surface area (Å²) in [5.41, 5.74) is 6.36. The summed E-state index contributed by atoms with van der Waals surface area (Å²) in [5, 5.41) is 0. The normalized spacial score (nSPS) is 11.9. The van der Waals surface area contributed by atoms with Crippen LogP contribution in [-0.2, 0) is 10.0 Å². The Labute approximate surface area is 114 Å². The molecule has 102 valence electrons. The van der Waals surface area contributed by atoms with E-state index >= 15 is 0 Å². The van der Waals surface area contributed by atoms with Gasteiger partial charge in [0.1, 0.15) is 0 Å². The van der Waals surface area contributed by atoms with E-state index in [1.54, 1.807) is 7.05 Å². The molecule has 0 unspecified atom stereocenters. The molecule has 4 nitrogen and oxygen atoms in total. The summed E-state index contributed by atoms with van der Waals surface area (Å²) < 4.78 is 25.2. The van der Waals surface area contributed by atoms with Crippen LogP contribution in [0.1, 0.15) is 13.3 Å². The second-order valence-electron chi connectivity index (χ2n) is 4.06. The molecule has 1 aromatic carbocycles. The first kappa shape index (κ1) is 15.3. The number of anilines is 1. The molecule has 0 heterocycles. The van der Waals surface area contributed by atoms with Crippen molar-refractivity contribution in [1.29, 1.82) is 0 Å². The summed E-state index contributed by atoms with van der Waals surface area (Å²) >= 11 is 1.51. The van der Waals surface area contributed by atoms with Crippen molar-refractivity contribution in [2.24, 2.45) is 0 Å². The van der Waals surface area contributed by atoms with Crippen LogP contribution >= 0.6 is 11.8 Å².